The summed E-state index contributed by atoms with van der Waals surface area (Å²) in [7, 11) is -3.51. The van der Waals surface area contributed by atoms with Gasteiger partial charge in [-0.1, -0.05) is 11.6 Å². The molecular formula is C22H24ClN5O3S. The molecule has 0 unspecified atom stereocenters. The van der Waals surface area contributed by atoms with Crippen LogP contribution in [0.2, 0.25) is 5.02 Å². The zero-order valence-electron chi connectivity index (χ0n) is 17.9. The van der Waals surface area contributed by atoms with E-state index in [1.54, 1.807) is 23.1 Å². The average Bonchev–Trinajstić information content (AvgIpc) is 3.26. The number of pyridine rings is 1. The van der Waals surface area contributed by atoms with Crippen molar-refractivity contribution >= 4 is 43.4 Å². The Hall–Kier alpha value is -2.49. The highest BCUT2D eigenvalue weighted by Crippen LogP contribution is 2.38. The summed E-state index contributed by atoms with van der Waals surface area (Å²) >= 11 is 6.22. The number of sulfone groups is 1. The number of nitrogens with zero attached hydrogens (tertiary/aromatic N) is 5. The van der Waals surface area contributed by atoms with E-state index in [4.69, 9.17) is 16.6 Å². The maximum atomic E-state index is 12.3. The lowest BCUT2D eigenvalue weighted by Gasteiger charge is -2.34. The lowest BCUT2D eigenvalue weighted by atomic mass is 9.83. The number of benzene rings is 1. The molecule has 0 saturated heterocycles. The second-order valence-electron chi connectivity index (χ2n) is 8.89. The van der Waals surface area contributed by atoms with Gasteiger partial charge < -0.3 is 9.67 Å². The fraction of sp³-hybridized carbons (Fsp3) is 0.409. The van der Waals surface area contributed by atoms with Gasteiger partial charge in [-0.2, -0.15) is 5.10 Å². The van der Waals surface area contributed by atoms with E-state index in [2.05, 4.69) is 14.6 Å². The van der Waals surface area contributed by atoms with Crippen molar-refractivity contribution in [2.75, 3.05) is 6.26 Å². The summed E-state index contributed by atoms with van der Waals surface area (Å²) in [5.41, 5.74) is 1.73. The zero-order chi connectivity index (χ0) is 22.7. The molecule has 8 nitrogen and oxygen atoms in total. The smallest absolute Gasteiger partial charge is 0.195 e. The molecule has 32 heavy (non-hydrogen) atoms. The molecule has 0 amide bonds. The lowest BCUT2D eigenvalue weighted by Crippen LogP contribution is -2.32. The predicted molar refractivity (Wildman–Crippen MR) is 123 cm³/mol. The summed E-state index contributed by atoms with van der Waals surface area (Å²) in [6.07, 6.45) is 7.40. The molecule has 3 heterocycles. The first-order chi connectivity index (χ1) is 15.1. The maximum Gasteiger partial charge on any atom is 0.195 e. The van der Waals surface area contributed by atoms with Gasteiger partial charge in [-0.25, -0.2) is 13.4 Å². The maximum absolute atomic E-state index is 12.3. The monoisotopic (exact) mass is 473 g/mol. The molecule has 5 rings (SSSR count). The molecule has 3 aromatic heterocycles. The van der Waals surface area contributed by atoms with Crippen LogP contribution in [-0.2, 0) is 16.4 Å². The van der Waals surface area contributed by atoms with Crippen LogP contribution in [0.3, 0.4) is 0 Å². The Kier molecular flexibility index (Phi) is 5.03. The third-order valence-corrected chi connectivity index (χ3v) is 7.52. The van der Waals surface area contributed by atoms with Gasteiger partial charge in [0, 0.05) is 28.9 Å². The van der Waals surface area contributed by atoms with Crippen LogP contribution in [0.5, 0.6) is 0 Å². The van der Waals surface area contributed by atoms with Gasteiger partial charge in [0.1, 0.15) is 5.82 Å². The van der Waals surface area contributed by atoms with E-state index >= 15 is 0 Å². The van der Waals surface area contributed by atoms with Crippen LogP contribution in [0.1, 0.15) is 44.5 Å². The topological polar surface area (TPSA) is 103 Å². The molecule has 1 aliphatic carbocycles. The van der Waals surface area contributed by atoms with Crippen LogP contribution in [0, 0.1) is 0 Å². The molecule has 1 fully saturated rings. The molecule has 1 aliphatic rings. The molecule has 0 bridgehead atoms. The van der Waals surface area contributed by atoms with Crippen molar-refractivity contribution in [2.24, 2.45) is 0 Å². The number of hydrogen-bond acceptors (Lipinski definition) is 6. The van der Waals surface area contributed by atoms with Crippen molar-refractivity contribution in [3.63, 3.8) is 0 Å². The summed E-state index contributed by atoms with van der Waals surface area (Å²) in [6.45, 7) is 2.17. The van der Waals surface area contributed by atoms with Crippen molar-refractivity contribution in [3.8, 4) is 0 Å². The highest BCUT2D eigenvalue weighted by Gasteiger charge is 2.31. The van der Waals surface area contributed by atoms with E-state index in [0.717, 1.165) is 36.0 Å². The number of halogens is 1. The molecule has 168 valence electrons. The molecule has 1 aromatic carbocycles. The number of fused-ring (bicyclic) bond motifs is 2. The van der Waals surface area contributed by atoms with Gasteiger partial charge in [0.25, 0.3) is 0 Å². The first kappa shape index (κ1) is 21.4. The first-order valence-electron chi connectivity index (χ1n) is 10.5. The van der Waals surface area contributed by atoms with Crippen LogP contribution < -0.4 is 0 Å². The number of hydrogen-bond donors (Lipinski definition) is 1. The lowest BCUT2D eigenvalue weighted by molar-refractivity contribution is 0.0100. The zero-order valence-corrected chi connectivity index (χ0v) is 19.4. The number of rotatable bonds is 4. The molecular weight excluding hydrogens is 450 g/mol. The molecule has 1 N–H and O–H groups in total. The molecule has 0 aliphatic heterocycles. The highest BCUT2D eigenvalue weighted by atomic mass is 35.5. The van der Waals surface area contributed by atoms with Crippen molar-refractivity contribution in [1.29, 1.82) is 0 Å². The summed E-state index contributed by atoms with van der Waals surface area (Å²) in [4.78, 5) is 9.01. The number of aliphatic hydroxyl groups is 1. The first-order valence-corrected chi connectivity index (χ1v) is 12.8. The van der Waals surface area contributed by atoms with E-state index in [1.807, 2.05) is 25.1 Å². The minimum Gasteiger partial charge on any atom is -0.390 e. The Morgan fingerprint density at radius 1 is 1.22 bits per heavy atom. The highest BCUT2D eigenvalue weighted by molar-refractivity contribution is 7.90. The van der Waals surface area contributed by atoms with Crippen molar-refractivity contribution in [3.05, 3.63) is 47.5 Å². The summed E-state index contributed by atoms with van der Waals surface area (Å²) in [5.74, 6) is 0.766. The standard InChI is InChI=1S/C22H24ClN5O3S/c1-22(29)8-5-15(6-9-22)28-18-4-3-14(23)11-17(18)25-20(28)13-27-19-12-24-10-7-16(19)21(26-27)32(2,30)31/h3-4,7,10-12,15,29H,5-6,8-9,13H2,1-2H3/t15-,22+. The fourth-order valence-corrected chi connectivity index (χ4v) is 5.63. The van der Waals surface area contributed by atoms with Crippen LogP contribution >= 0.6 is 11.6 Å². The minimum atomic E-state index is -3.51. The molecule has 0 spiro atoms. The van der Waals surface area contributed by atoms with E-state index in [0.29, 0.717) is 28.8 Å². The molecule has 1 saturated carbocycles. The van der Waals surface area contributed by atoms with Crippen LogP contribution in [0.4, 0.5) is 0 Å². The summed E-state index contributed by atoms with van der Waals surface area (Å²) < 4.78 is 28.5. The van der Waals surface area contributed by atoms with E-state index in [1.165, 1.54) is 0 Å². The third-order valence-electron chi connectivity index (χ3n) is 6.28. The van der Waals surface area contributed by atoms with E-state index < -0.39 is 15.4 Å². The largest absolute Gasteiger partial charge is 0.390 e. The Labute approximate surface area is 190 Å². The number of imidazole rings is 1. The van der Waals surface area contributed by atoms with Crippen LogP contribution in [-0.4, -0.2) is 49.7 Å². The minimum absolute atomic E-state index is 0.0364. The molecule has 4 aromatic rings. The van der Waals surface area contributed by atoms with Crippen molar-refractivity contribution < 1.29 is 13.5 Å². The van der Waals surface area contributed by atoms with Gasteiger partial charge in [0.2, 0.25) is 0 Å². The fourth-order valence-electron chi connectivity index (χ4n) is 4.64. The summed E-state index contributed by atoms with van der Waals surface area (Å²) in [6, 6.07) is 7.48. The van der Waals surface area contributed by atoms with Gasteiger partial charge in [-0.05, 0) is 56.9 Å². The number of aromatic nitrogens is 5. The van der Waals surface area contributed by atoms with Crippen molar-refractivity contribution in [2.45, 2.75) is 55.8 Å². The van der Waals surface area contributed by atoms with Crippen molar-refractivity contribution in [1.82, 2.24) is 24.3 Å². The van der Waals surface area contributed by atoms with Gasteiger partial charge in [0.05, 0.1) is 34.9 Å². The van der Waals surface area contributed by atoms with Crippen LogP contribution in [0.15, 0.2) is 41.7 Å². The predicted octanol–water partition coefficient (Wildman–Crippen LogP) is 3.75. The average molecular weight is 474 g/mol. The molecule has 0 radical (unpaired) electrons. The van der Waals surface area contributed by atoms with Gasteiger partial charge in [0.15, 0.2) is 14.9 Å². The SMILES string of the molecule is CS(=O)(=O)c1nn(Cc2nc3cc(Cl)ccc3n2[C@H]2CC[C@@](C)(O)CC2)c2cnccc12. The Morgan fingerprint density at radius 2 is 1.97 bits per heavy atom. The quantitative estimate of drug-likeness (QED) is 0.484. The van der Waals surface area contributed by atoms with Crippen LogP contribution in [0.25, 0.3) is 21.9 Å². The Morgan fingerprint density at radius 3 is 2.69 bits per heavy atom. The van der Waals surface area contributed by atoms with Gasteiger partial charge in [-0.15, -0.1) is 0 Å². The molecule has 0 atom stereocenters. The normalized spacial score (nSPS) is 22.1. The van der Waals surface area contributed by atoms with Gasteiger partial charge in [-0.3, -0.25) is 9.67 Å². The summed E-state index contributed by atoms with van der Waals surface area (Å²) in [5, 5.41) is 16.0. The van der Waals surface area contributed by atoms with Gasteiger partial charge >= 0.3 is 0 Å². The second kappa shape index (κ2) is 7.54. The Balaban J connectivity index is 1.64. The molecule has 10 heteroatoms. The van der Waals surface area contributed by atoms with E-state index in [9.17, 15) is 13.5 Å². The second-order valence-corrected chi connectivity index (χ2v) is 11.3. The third kappa shape index (κ3) is 3.78. The Bertz CT molecular complexity index is 1430. The van der Waals surface area contributed by atoms with E-state index in [-0.39, 0.29) is 17.6 Å².